The van der Waals surface area contributed by atoms with E-state index in [9.17, 15) is 9.59 Å². The van der Waals surface area contributed by atoms with Gasteiger partial charge in [-0.3, -0.25) is 4.79 Å². The van der Waals surface area contributed by atoms with Crippen LogP contribution in [-0.4, -0.2) is 48.4 Å². The molecule has 2 aliphatic heterocycles. The van der Waals surface area contributed by atoms with Crippen LogP contribution in [0.15, 0.2) is 47.3 Å². The molecule has 1 atom stereocenters. The normalized spacial score (nSPS) is 17.2. The van der Waals surface area contributed by atoms with E-state index in [-0.39, 0.29) is 24.2 Å². The Morgan fingerprint density at radius 2 is 1.94 bits per heavy atom. The van der Waals surface area contributed by atoms with E-state index in [0.717, 1.165) is 18.2 Å². The topological polar surface area (TPSA) is 92.9 Å². The lowest BCUT2D eigenvalue weighted by atomic mass is 10.1. The molecule has 3 aromatic rings. The second-order valence-corrected chi connectivity index (χ2v) is 8.60. The number of benzene rings is 2. The molecule has 0 radical (unpaired) electrons. The molecule has 8 nitrogen and oxygen atoms in total. The molecule has 1 aromatic heterocycles. The Balaban J connectivity index is 1.42. The molecule has 2 aliphatic rings. The lowest BCUT2D eigenvalue weighted by molar-refractivity contribution is 0.0818. The maximum Gasteiger partial charge on any atom is 0.322 e. The Morgan fingerprint density at radius 1 is 1.12 bits per heavy atom. The van der Waals surface area contributed by atoms with Crippen LogP contribution in [0.5, 0.6) is 11.5 Å². The standard InChI is InChI=1S/C24H24ClN3O5/c25-17-3-1-4-18(11-17)26-24(30)28(14-19-5-2-6-31-19)13-16-9-15-10-21-22(33-8-7-32-21)12-20(15)27-23(16)29/h1,3-4,9-12,19H,2,5-8,13-14H2,(H,26,30)(H,27,29). The predicted octanol–water partition coefficient (Wildman–Crippen LogP) is 4.17. The first-order chi connectivity index (χ1) is 16.0. The van der Waals surface area contributed by atoms with Crippen molar-refractivity contribution in [3.05, 3.63) is 63.4 Å². The monoisotopic (exact) mass is 469 g/mol. The van der Waals surface area contributed by atoms with Gasteiger partial charge in [-0.05, 0) is 43.2 Å². The molecule has 9 heteroatoms. The second-order valence-electron chi connectivity index (χ2n) is 8.16. The smallest absolute Gasteiger partial charge is 0.322 e. The van der Waals surface area contributed by atoms with Crippen LogP contribution in [0.4, 0.5) is 10.5 Å². The number of aromatic amines is 1. The van der Waals surface area contributed by atoms with E-state index < -0.39 is 0 Å². The van der Waals surface area contributed by atoms with Gasteiger partial charge in [0.05, 0.1) is 18.2 Å². The van der Waals surface area contributed by atoms with Gasteiger partial charge in [0.2, 0.25) is 0 Å². The van der Waals surface area contributed by atoms with Crippen LogP contribution in [0.2, 0.25) is 5.02 Å². The molecule has 2 amide bonds. The van der Waals surface area contributed by atoms with Crippen molar-refractivity contribution in [2.24, 2.45) is 0 Å². The van der Waals surface area contributed by atoms with E-state index in [1.54, 1.807) is 41.3 Å². The van der Waals surface area contributed by atoms with Crippen molar-refractivity contribution in [3.8, 4) is 11.5 Å². The van der Waals surface area contributed by atoms with Gasteiger partial charge in [-0.25, -0.2) is 4.79 Å². The minimum atomic E-state index is -0.325. The molecular formula is C24H24ClN3O5. The number of nitrogens with one attached hydrogen (secondary N) is 2. The molecule has 1 unspecified atom stereocenters. The summed E-state index contributed by atoms with van der Waals surface area (Å²) in [4.78, 5) is 30.5. The summed E-state index contributed by atoms with van der Waals surface area (Å²) < 4.78 is 17.0. The van der Waals surface area contributed by atoms with E-state index in [1.807, 2.05) is 6.07 Å². The molecule has 5 rings (SSSR count). The number of urea groups is 1. The zero-order valence-electron chi connectivity index (χ0n) is 17.9. The number of hydrogen-bond acceptors (Lipinski definition) is 5. The number of aromatic nitrogens is 1. The maximum absolute atomic E-state index is 13.1. The highest BCUT2D eigenvalue weighted by Gasteiger charge is 2.24. The van der Waals surface area contributed by atoms with E-state index in [1.165, 1.54) is 0 Å². The Kier molecular flexibility index (Phi) is 6.11. The first-order valence-electron chi connectivity index (χ1n) is 10.9. The summed E-state index contributed by atoms with van der Waals surface area (Å²) in [6.45, 7) is 2.14. The number of hydrogen-bond donors (Lipinski definition) is 2. The SMILES string of the molecule is O=C(Nc1cccc(Cl)c1)N(Cc1cc2cc3c(cc2[nH]c1=O)OCCO3)CC1CCCO1. The minimum Gasteiger partial charge on any atom is -0.486 e. The highest BCUT2D eigenvalue weighted by molar-refractivity contribution is 6.30. The highest BCUT2D eigenvalue weighted by Crippen LogP contribution is 2.33. The Labute approximate surface area is 195 Å². The Bertz CT molecular complexity index is 1240. The summed E-state index contributed by atoms with van der Waals surface area (Å²) >= 11 is 6.05. The van der Waals surface area contributed by atoms with Gasteiger partial charge < -0.3 is 29.4 Å². The number of amides is 2. The van der Waals surface area contributed by atoms with E-state index in [2.05, 4.69) is 10.3 Å². The van der Waals surface area contributed by atoms with E-state index in [0.29, 0.717) is 59.7 Å². The molecule has 33 heavy (non-hydrogen) atoms. The quantitative estimate of drug-likeness (QED) is 0.585. The first kappa shape index (κ1) is 21.6. The fourth-order valence-corrected chi connectivity index (χ4v) is 4.32. The van der Waals surface area contributed by atoms with Gasteiger partial charge in [-0.2, -0.15) is 0 Å². The van der Waals surface area contributed by atoms with Crippen LogP contribution in [0.25, 0.3) is 10.9 Å². The predicted molar refractivity (Wildman–Crippen MR) is 125 cm³/mol. The lowest BCUT2D eigenvalue weighted by Crippen LogP contribution is -2.40. The number of rotatable bonds is 5. The van der Waals surface area contributed by atoms with Crippen molar-refractivity contribution in [1.82, 2.24) is 9.88 Å². The number of pyridine rings is 1. The van der Waals surface area contributed by atoms with Crippen LogP contribution in [0.1, 0.15) is 18.4 Å². The number of fused-ring (bicyclic) bond motifs is 2. The average molecular weight is 470 g/mol. The molecule has 3 heterocycles. The molecule has 0 aliphatic carbocycles. The molecule has 2 aromatic carbocycles. The third kappa shape index (κ3) is 4.91. The number of halogens is 1. The van der Waals surface area contributed by atoms with Gasteiger partial charge in [-0.15, -0.1) is 0 Å². The van der Waals surface area contributed by atoms with Crippen LogP contribution in [-0.2, 0) is 11.3 Å². The highest BCUT2D eigenvalue weighted by atomic mass is 35.5. The van der Waals surface area contributed by atoms with E-state index >= 15 is 0 Å². The number of carbonyl (C=O) groups is 1. The summed E-state index contributed by atoms with van der Waals surface area (Å²) in [6, 6.07) is 12.0. The third-order valence-corrected chi connectivity index (χ3v) is 5.99. The molecule has 0 spiro atoms. The number of anilines is 1. The van der Waals surface area contributed by atoms with Crippen molar-refractivity contribution in [1.29, 1.82) is 0 Å². The van der Waals surface area contributed by atoms with Gasteiger partial charge in [0.25, 0.3) is 5.56 Å². The Morgan fingerprint density at radius 3 is 2.70 bits per heavy atom. The van der Waals surface area contributed by atoms with Crippen molar-refractivity contribution < 1.29 is 19.0 Å². The summed E-state index contributed by atoms with van der Waals surface area (Å²) in [5.74, 6) is 1.25. The van der Waals surface area contributed by atoms with Gasteiger partial charge in [0.1, 0.15) is 13.2 Å². The summed E-state index contributed by atoms with van der Waals surface area (Å²) in [5, 5.41) is 4.21. The van der Waals surface area contributed by atoms with E-state index in [4.69, 9.17) is 25.8 Å². The van der Waals surface area contributed by atoms with Crippen molar-refractivity contribution in [3.63, 3.8) is 0 Å². The largest absolute Gasteiger partial charge is 0.486 e. The summed E-state index contributed by atoms with van der Waals surface area (Å²) in [5.41, 5.74) is 1.45. The summed E-state index contributed by atoms with van der Waals surface area (Å²) in [7, 11) is 0. The molecular weight excluding hydrogens is 446 g/mol. The van der Waals surface area contributed by atoms with Gasteiger partial charge in [-0.1, -0.05) is 17.7 Å². The number of carbonyl (C=O) groups excluding carboxylic acids is 1. The van der Waals surface area contributed by atoms with Crippen LogP contribution in [0.3, 0.4) is 0 Å². The lowest BCUT2D eigenvalue weighted by Gasteiger charge is -2.26. The Hall–Kier alpha value is -3.23. The van der Waals surface area contributed by atoms with Crippen molar-refractivity contribution in [2.75, 3.05) is 31.7 Å². The van der Waals surface area contributed by atoms with Gasteiger partial charge >= 0.3 is 6.03 Å². The minimum absolute atomic E-state index is 0.0628. The van der Waals surface area contributed by atoms with Crippen molar-refractivity contribution >= 4 is 34.2 Å². The fourth-order valence-electron chi connectivity index (χ4n) is 4.13. The zero-order chi connectivity index (χ0) is 22.8. The van der Waals surface area contributed by atoms with Crippen LogP contribution < -0.4 is 20.3 Å². The molecule has 2 N–H and O–H groups in total. The molecule has 1 fully saturated rings. The molecule has 1 saturated heterocycles. The third-order valence-electron chi connectivity index (χ3n) is 5.76. The van der Waals surface area contributed by atoms with Crippen LogP contribution >= 0.6 is 11.6 Å². The molecule has 172 valence electrons. The number of nitrogens with zero attached hydrogens (tertiary/aromatic N) is 1. The van der Waals surface area contributed by atoms with Crippen molar-refractivity contribution in [2.45, 2.75) is 25.5 Å². The first-order valence-corrected chi connectivity index (χ1v) is 11.3. The molecule has 0 bridgehead atoms. The summed E-state index contributed by atoms with van der Waals surface area (Å²) in [6.07, 6.45) is 1.77. The fraction of sp³-hybridized carbons (Fsp3) is 0.333. The van der Waals surface area contributed by atoms with Gasteiger partial charge in [0, 0.05) is 40.9 Å². The van der Waals surface area contributed by atoms with Gasteiger partial charge in [0.15, 0.2) is 11.5 Å². The van der Waals surface area contributed by atoms with Crippen LogP contribution in [0, 0.1) is 0 Å². The molecule has 0 saturated carbocycles. The number of ether oxygens (including phenoxy) is 3. The number of H-pyrrole nitrogens is 1. The second kappa shape index (κ2) is 9.33. The maximum atomic E-state index is 13.1. The average Bonchev–Trinajstić information content (AvgIpc) is 3.31. The zero-order valence-corrected chi connectivity index (χ0v) is 18.7.